The van der Waals surface area contributed by atoms with Crippen LogP contribution in [-0.2, 0) is 22.4 Å². The number of halogens is 1. The molecule has 8 nitrogen and oxygen atoms in total. The Balaban J connectivity index is 1.88. The van der Waals surface area contributed by atoms with E-state index in [0.717, 1.165) is 62.0 Å². The maximum absolute atomic E-state index is 12.9. The van der Waals surface area contributed by atoms with E-state index in [1.165, 1.54) is 6.08 Å². The van der Waals surface area contributed by atoms with Gasteiger partial charge in [0.15, 0.2) is 5.82 Å². The minimum Gasteiger partial charge on any atom is -0.355 e. The first-order valence-corrected chi connectivity index (χ1v) is 14.2. The number of amides is 2. The number of benzene rings is 1. The zero-order chi connectivity index (χ0) is 28.1. The first-order chi connectivity index (χ1) is 18.9. The average Bonchev–Trinajstić information content (AvgIpc) is 3.49. The third-order valence-electron chi connectivity index (χ3n) is 7.72. The normalized spacial score (nSPS) is 17.9. The van der Waals surface area contributed by atoms with Crippen molar-refractivity contribution < 1.29 is 9.59 Å². The molecule has 0 aliphatic carbocycles. The molecule has 0 spiro atoms. The maximum atomic E-state index is 12.9. The number of piperazine rings is 1. The van der Waals surface area contributed by atoms with E-state index in [0.29, 0.717) is 47.7 Å². The van der Waals surface area contributed by atoms with Crippen molar-refractivity contribution in [1.82, 2.24) is 14.8 Å². The third-order valence-corrected chi connectivity index (χ3v) is 8.00. The molecule has 1 aromatic carbocycles. The Hall–Kier alpha value is -3.39. The molecule has 39 heavy (non-hydrogen) atoms. The molecule has 208 valence electrons. The number of amidine groups is 1. The first kappa shape index (κ1) is 28.6. The number of rotatable bonds is 8. The molecule has 2 fully saturated rings. The van der Waals surface area contributed by atoms with Gasteiger partial charge in [-0.3, -0.25) is 19.5 Å². The van der Waals surface area contributed by atoms with Crippen LogP contribution in [-0.4, -0.2) is 78.7 Å². The Labute approximate surface area is 237 Å². The maximum Gasteiger partial charge on any atom is 0.246 e. The van der Waals surface area contributed by atoms with Crippen molar-refractivity contribution in [2.45, 2.75) is 52.5 Å². The zero-order valence-corrected chi connectivity index (χ0v) is 24.2. The van der Waals surface area contributed by atoms with Gasteiger partial charge in [0.05, 0.1) is 16.3 Å². The number of para-hydroxylation sites is 1. The summed E-state index contributed by atoms with van der Waals surface area (Å²) in [5, 5.41) is 0.537. The standard InChI is InChI=1S/C30H39ClN6O2/c1-6-22-12-11-13-23(7-2)27(22)37(20-38)29-24(18-25(31)30(33-29)34-14-9-10-15-34)28(32-5)36-17-16-35(19-21(36)4)26(39)8-3/h8,11-13,18,20-21H,3,6-7,9-10,14-17,19H2,1-2,4-5H3. The van der Waals surface area contributed by atoms with Gasteiger partial charge < -0.3 is 14.7 Å². The minimum absolute atomic E-state index is 0.00922. The molecule has 0 bridgehead atoms. The summed E-state index contributed by atoms with van der Waals surface area (Å²) in [5.41, 5.74) is 3.71. The molecule has 0 radical (unpaired) electrons. The lowest BCUT2D eigenvalue weighted by molar-refractivity contribution is -0.128. The fourth-order valence-corrected chi connectivity index (χ4v) is 5.98. The Morgan fingerprint density at radius 3 is 2.38 bits per heavy atom. The van der Waals surface area contributed by atoms with Crippen LogP contribution in [0.3, 0.4) is 0 Å². The van der Waals surface area contributed by atoms with Crippen molar-refractivity contribution in [3.63, 3.8) is 0 Å². The Bertz CT molecular complexity index is 1230. The number of carbonyl (C=O) groups is 2. The summed E-state index contributed by atoms with van der Waals surface area (Å²) < 4.78 is 0. The molecule has 2 aliphatic heterocycles. The lowest BCUT2D eigenvalue weighted by atomic mass is 10.0. The largest absolute Gasteiger partial charge is 0.355 e. The predicted octanol–water partition coefficient (Wildman–Crippen LogP) is 4.85. The van der Waals surface area contributed by atoms with E-state index in [1.54, 1.807) is 16.8 Å². The second-order valence-electron chi connectivity index (χ2n) is 10.0. The van der Waals surface area contributed by atoms with Gasteiger partial charge in [-0.05, 0) is 55.9 Å². The Morgan fingerprint density at radius 2 is 1.85 bits per heavy atom. The highest BCUT2D eigenvalue weighted by molar-refractivity contribution is 6.33. The van der Waals surface area contributed by atoms with Crippen LogP contribution in [0.25, 0.3) is 0 Å². The molecule has 1 aromatic heterocycles. The minimum atomic E-state index is -0.0766. The fraction of sp³-hybridized carbons (Fsp3) is 0.467. The van der Waals surface area contributed by atoms with Crippen LogP contribution in [0, 0.1) is 0 Å². The summed E-state index contributed by atoms with van der Waals surface area (Å²) in [4.78, 5) is 42.9. The molecular weight excluding hydrogens is 512 g/mol. The molecule has 9 heteroatoms. The van der Waals surface area contributed by atoms with E-state index in [-0.39, 0.29) is 11.9 Å². The van der Waals surface area contributed by atoms with E-state index in [4.69, 9.17) is 21.6 Å². The monoisotopic (exact) mass is 550 g/mol. The lowest BCUT2D eigenvalue weighted by Gasteiger charge is -2.41. The molecule has 2 saturated heterocycles. The van der Waals surface area contributed by atoms with Crippen LogP contribution in [0.2, 0.25) is 5.02 Å². The van der Waals surface area contributed by atoms with Gasteiger partial charge in [-0.25, -0.2) is 4.98 Å². The number of aromatic nitrogens is 1. The highest BCUT2D eigenvalue weighted by Gasteiger charge is 2.32. The van der Waals surface area contributed by atoms with Gasteiger partial charge in [-0.2, -0.15) is 0 Å². The highest BCUT2D eigenvalue weighted by atomic mass is 35.5. The van der Waals surface area contributed by atoms with Gasteiger partial charge in [0.2, 0.25) is 12.3 Å². The van der Waals surface area contributed by atoms with Crippen LogP contribution < -0.4 is 9.80 Å². The second-order valence-corrected chi connectivity index (χ2v) is 10.5. The molecular formula is C30H39ClN6O2. The van der Waals surface area contributed by atoms with E-state index in [1.807, 2.05) is 12.1 Å². The number of anilines is 3. The van der Waals surface area contributed by atoms with E-state index < -0.39 is 0 Å². The molecule has 1 atom stereocenters. The highest BCUT2D eigenvalue weighted by Crippen LogP contribution is 2.38. The molecule has 3 heterocycles. The van der Waals surface area contributed by atoms with Gasteiger partial charge in [0, 0.05) is 45.8 Å². The molecule has 2 aliphatic rings. The summed E-state index contributed by atoms with van der Waals surface area (Å²) in [7, 11) is 1.75. The molecule has 4 rings (SSSR count). The number of hydrogen-bond acceptors (Lipinski definition) is 5. The van der Waals surface area contributed by atoms with E-state index in [2.05, 4.69) is 49.3 Å². The SMILES string of the molecule is C=CC(=O)N1CCN(C(=NC)c2cc(Cl)c(N3CCCC3)nc2N(C=O)c2c(CC)cccc2CC)C(C)C1. The number of carbonyl (C=O) groups excluding carboxylic acids is 2. The van der Waals surface area contributed by atoms with Crippen molar-refractivity contribution in [1.29, 1.82) is 0 Å². The van der Waals surface area contributed by atoms with Crippen molar-refractivity contribution in [2.24, 2.45) is 4.99 Å². The summed E-state index contributed by atoms with van der Waals surface area (Å²) in [6, 6.07) is 8.07. The van der Waals surface area contributed by atoms with Crippen LogP contribution in [0.15, 0.2) is 41.9 Å². The number of hydrogen-bond donors (Lipinski definition) is 0. The summed E-state index contributed by atoms with van der Waals surface area (Å²) >= 11 is 6.90. The molecule has 2 aromatic rings. The van der Waals surface area contributed by atoms with E-state index >= 15 is 0 Å². The Kier molecular flexibility index (Phi) is 9.28. The summed E-state index contributed by atoms with van der Waals surface area (Å²) in [5.74, 6) is 1.83. The fourth-order valence-electron chi connectivity index (χ4n) is 5.71. The number of pyridine rings is 1. The van der Waals surface area contributed by atoms with Crippen molar-refractivity contribution in [2.75, 3.05) is 49.6 Å². The molecule has 0 N–H and O–H groups in total. The van der Waals surface area contributed by atoms with Crippen LogP contribution in [0.4, 0.5) is 17.3 Å². The van der Waals surface area contributed by atoms with Crippen molar-refractivity contribution in [3.05, 3.63) is 58.6 Å². The van der Waals surface area contributed by atoms with Crippen molar-refractivity contribution in [3.8, 4) is 0 Å². The molecule has 2 amide bonds. The summed E-state index contributed by atoms with van der Waals surface area (Å²) in [6.45, 7) is 13.3. The van der Waals surface area contributed by atoms with Gasteiger partial charge in [0.25, 0.3) is 0 Å². The summed E-state index contributed by atoms with van der Waals surface area (Å²) in [6.07, 6.45) is 5.93. The number of nitrogens with zero attached hydrogens (tertiary/aromatic N) is 6. The van der Waals surface area contributed by atoms with E-state index in [9.17, 15) is 9.59 Å². The van der Waals surface area contributed by atoms with Crippen LogP contribution >= 0.6 is 11.6 Å². The van der Waals surface area contributed by atoms with Gasteiger partial charge in [0.1, 0.15) is 11.7 Å². The number of aliphatic imine (C=N–C) groups is 1. The molecule has 1 unspecified atom stereocenters. The number of aryl methyl sites for hydroxylation is 2. The first-order valence-electron chi connectivity index (χ1n) is 13.8. The lowest BCUT2D eigenvalue weighted by Crippen LogP contribution is -2.55. The quantitative estimate of drug-likeness (QED) is 0.203. The van der Waals surface area contributed by atoms with Gasteiger partial charge in [-0.1, -0.05) is 50.2 Å². The smallest absolute Gasteiger partial charge is 0.246 e. The van der Waals surface area contributed by atoms with Crippen molar-refractivity contribution >= 4 is 47.1 Å². The average molecular weight is 551 g/mol. The predicted molar refractivity (Wildman–Crippen MR) is 160 cm³/mol. The zero-order valence-electron chi connectivity index (χ0n) is 23.5. The van der Waals surface area contributed by atoms with Crippen LogP contribution in [0.1, 0.15) is 50.3 Å². The van der Waals surface area contributed by atoms with Gasteiger partial charge >= 0.3 is 0 Å². The Morgan fingerprint density at radius 1 is 1.18 bits per heavy atom. The topological polar surface area (TPSA) is 72.4 Å². The van der Waals surface area contributed by atoms with Crippen LogP contribution in [0.5, 0.6) is 0 Å². The molecule has 0 saturated carbocycles. The second kappa shape index (κ2) is 12.6. The third kappa shape index (κ3) is 5.66. The van der Waals surface area contributed by atoms with Gasteiger partial charge in [-0.15, -0.1) is 0 Å².